The molecule has 2 fully saturated rings. The van der Waals surface area contributed by atoms with Crippen LogP contribution in [0.3, 0.4) is 0 Å². The summed E-state index contributed by atoms with van der Waals surface area (Å²) in [5, 5.41) is 6.33. The van der Waals surface area contributed by atoms with E-state index >= 15 is 0 Å². The Balaban J connectivity index is 1.36. The van der Waals surface area contributed by atoms with Gasteiger partial charge in [0.15, 0.2) is 11.6 Å². The second-order valence-electron chi connectivity index (χ2n) is 6.98. The number of likely N-dealkylation sites (tertiary alicyclic amines) is 1. The quantitative estimate of drug-likeness (QED) is 0.788. The maximum Gasteiger partial charge on any atom is 0.237 e. The molecule has 0 radical (unpaired) electrons. The van der Waals surface area contributed by atoms with Crippen molar-refractivity contribution in [3.8, 4) is 5.75 Å². The highest BCUT2D eigenvalue weighted by atomic mass is 19.1. The van der Waals surface area contributed by atoms with E-state index in [4.69, 9.17) is 4.74 Å². The van der Waals surface area contributed by atoms with Gasteiger partial charge in [-0.1, -0.05) is 12.1 Å². The molecule has 2 saturated heterocycles. The van der Waals surface area contributed by atoms with Crippen LogP contribution in [0.2, 0.25) is 0 Å². The van der Waals surface area contributed by atoms with Crippen LogP contribution in [-0.2, 0) is 4.79 Å². The molecule has 6 heteroatoms. The Kier molecular flexibility index (Phi) is 6.64. The van der Waals surface area contributed by atoms with Gasteiger partial charge in [-0.25, -0.2) is 4.39 Å². The SMILES string of the molecule is O=C(NCC1CCCN(CCOc2ccccc2F)C1)C1CCCN1. The predicted octanol–water partition coefficient (Wildman–Crippen LogP) is 1.78. The zero-order chi connectivity index (χ0) is 17.5. The van der Waals surface area contributed by atoms with Gasteiger partial charge < -0.3 is 15.4 Å². The number of amides is 1. The van der Waals surface area contributed by atoms with Crippen LogP contribution in [0.5, 0.6) is 5.75 Å². The molecule has 0 aromatic heterocycles. The molecular formula is C19H28FN3O2. The van der Waals surface area contributed by atoms with Crippen molar-refractivity contribution in [3.63, 3.8) is 0 Å². The van der Waals surface area contributed by atoms with Crippen molar-refractivity contribution in [2.75, 3.05) is 39.3 Å². The fourth-order valence-corrected chi connectivity index (χ4v) is 3.64. The lowest BCUT2D eigenvalue weighted by Crippen LogP contribution is -2.46. The molecule has 25 heavy (non-hydrogen) atoms. The Morgan fingerprint density at radius 2 is 2.20 bits per heavy atom. The minimum atomic E-state index is -0.317. The molecule has 1 amide bonds. The van der Waals surface area contributed by atoms with Crippen molar-refractivity contribution < 1.29 is 13.9 Å². The second kappa shape index (κ2) is 9.15. The summed E-state index contributed by atoms with van der Waals surface area (Å²) in [6.07, 6.45) is 4.29. The molecule has 1 aromatic rings. The average molecular weight is 349 g/mol. The number of para-hydroxylation sites is 1. The lowest BCUT2D eigenvalue weighted by Gasteiger charge is -2.32. The maximum absolute atomic E-state index is 13.5. The molecule has 0 bridgehead atoms. The molecule has 0 spiro atoms. The minimum Gasteiger partial charge on any atom is -0.489 e. The number of ether oxygens (including phenoxy) is 1. The molecule has 2 atom stereocenters. The molecule has 2 aliphatic heterocycles. The largest absolute Gasteiger partial charge is 0.489 e. The van der Waals surface area contributed by atoms with E-state index < -0.39 is 0 Å². The first-order chi connectivity index (χ1) is 12.2. The summed E-state index contributed by atoms with van der Waals surface area (Å²) in [5.74, 6) is 0.611. The topological polar surface area (TPSA) is 53.6 Å². The number of nitrogens with zero attached hydrogens (tertiary/aromatic N) is 1. The summed E-state index contributed by atoms with van der Waals surface area (Å²) < 4.78 is 19.1. The Labute approximate surface area is 148 Å². The summed E-state index contributed by atoms with van der Waals surface area (Å²) in [7, 11) is 0. The first-order valence-corrected chi connectivity index (χ1v) is 9.33. The van der Waals surface area contributed by atoms with Crippen LogP contribution >= 0.6 is 0 Å². The smallest absolute Gasteiger partial charge is 0.237 e. The fourth-order valence-electron chi connectivity index (χ4n) is 3.64. The van der Waals surface area contributed by atoms with Crippen molar-refractivity contribution >= 4 is 5.91 Å². The van der Waals surface area contributed by atoms with Crippen LogP contribution < -0.4 is 15.4 Å². The second-order valence-corrected chi connectivity index (χ2v) is 6.98. The van der Waals surface area contributed by atoms with E-state index in [0.717, 1.165) is 58.4 Å². The first kappa shape index (κ1) is 18.1. The molecule has 2 aliphatic rings. The highest BCUT2D eigenvalue weighted by Gasteiger charge is 2.24. The molecule has 5 nitrogen and oxygen atoms in total. The number of nitrogens with one attached hydrogen (secondary N) is 2. The Hall–Kier alpha value is -1.66. The molecular weight excluding hydrogens is 321 g/mol. The Morgan fingerprint density at radius 1 is 1.32 bits per heavy atom. The normalized spacial score (nSPS) is 24.2. The van der Waals surface area contributed by atoms with Crippen LogP contribution in [0.4, 0.5) is 4.39 Å². The van der Waals surface area contributed by atoms with Crippen molar-refractivity contribution in [2.45, 2.75) is 31.7 Å². The summed E-state index contributed by atoms with van der Waals surface area (Å²) >= 11 is 0. The Morgan fingerprint density at radius 3 is 3.00 bits per heavy atom. The third kappa shape index (κ3) is 5.41. The lowest BCUT2D eigenvalue weighted by atomic mass is 9.98. The number of hydrogen-bond acceptors (Lipinski definition) is 4. The van der Waals surface area contributed by atoms with Gasteiger partial charge >= 0.3 is 0 Å². The van der Waals surface area contributed by atoms with Crippen molar-refractivity contribution in [1.29, 1.82) is 0 Å². The fraction of sp³-hybridized carbons (Fsp3) is 0.632. The number of rotatable bonds is 7. The molecule has 3 rings (SSSR count). The van der Waals surface area contributed by atoms with Gasteiger partial charge in [0.25, 0.3) is 0 Å². The number of benzene rings is 1. The van der Waals surface area contributed by atoms with E-state index in [1.54, 1.807) is 18.2 Å². The number of carbonyl (C=O) groups excluding carboxylic acids is 1. The zero-order valence-corrected chi connectivity index (χ0v) is 14.7. The third-order valence-corrected chi connectivity index (χ3v) is 5.05. The van der Waals surface area contributed by atoms with Gasteiger partial charge in [0.05, 0.1) is 6.04 Å². The first-order valence-electron chi connectivity index (χ1n) is 9.33. The van der Waals surface area contributed by atoms with Crippen LogP contribution in [0, 0.1) is 11.7 Å². The number of carbonyl (C=O) groups is 1. The van der Waals surface area contributed by atoms with Gasteiger partial charge in [-0.3, -0.25) is 9.69 Å². The molecule has 2 heterocycles. The van der Waals surface area contributed by atoms with E-state index in [0.29, 0.717) is 18.3 Å². The van der Waals surface area contributed by atoms with Gasteiger partial charge in [0.1, 0.15) is 6.61 Å². The highest BCUT2D eigenvalue weighted by molar-refractivity contribution is 5.81. The van der Waals surface area contributed by atoms with Crippen molar-refractivity contribution in [1.82, 2.24) is 15.5 Å². The van der Waals surface area contributed by atoms with E-state index in [1.165, 1.54) is 6.07 Å². The molecule has 2 N–H and O–H groups in total. The maximum atomic E-state index is 13.5. The van der Waals surface area contributed by atoms with Gasteiger partial charge in [-0.2, -0.15) is 0 Å². The predicted molar refractivity (Wildman–Crippen MR) is 95.1 cm³/mol. The lowest BCUT2D eigenvalue weighted by molar-refractivity contribution is -0.123. The van der Waals surface area contributed by atoms with Gasteiger partial charge in [0, 0.05) is 19.6 Å². The van der Waals surface area contributed by atoms with Crippen LogP contribution in [0.1, 0.15) is 25.7 Å². The van der Waals surface area contributed by atoms with Crippen LogP contribution in [-0.4, -0.2) is 56.2 Å². The van der Waals surface area contributed by atoms with Gasteiger partial charge in [-0.05, 0) is 56.8 Å². The van der Waals surface area contributed by atoms with E-state index in [9.17, 15) is 9.18 Å². The molecule has 2 unspecified atom stereocenters. The molecule has 0 saturated carbocycles. The van der Waals surface area contributed by atoms with Crippen LogP contribution in [0.15, 0.2) is 24.3 Å². The van der Waals surface area contributed by atoms with E-state index in [1.807, 2.05) is 0 Å². The average Bonchev–Trinajstić information content (AvgIpc) is 3.16. The summed E-state index contributed by atoms with van der Waals surface area (Å²) in [6.45, 7) is 4.93. The zero-order valence-electron chi connectivity index (χ0n) is 14.7. The molecule has 0 aliphatic carbocycles. The Bertz CT molecular complexity index is 563. The molecule has 138 valence electrons. The summed E-state index contributed by atoms with van der Waals surface area (Å²) in [4.78, 5) is 14.4. The molecule has 1 aromatic carbocycles. The standard InChI is InChI=1S/C19H28FN3O2/c20-16-6-1-2-8-18(16)25-12-11-23-10-4-5-15(14-23)13-22-19(24)17-7-3-9-21-17/h1-2,6,8,15,17,21H,3-5,7,9-14H2,(H,22,24). The van der Waals surface area contributed by atoms with Crippen molar-refractivity contribution in [3.05, 3.63) is 30.1 Å². The minimum absolute atomic E-state index is 0.00568. The monoisotopic (exact) mass is 349 g/mol. The number of piperidine rings is 1. The van der Waals surface area contributed by atoms with Gasteiger partial charge in [-0.15, -0.1) is 0 Å². The third-order valence-electron chi connectivity index (χ3n) is 5.05. The van der Waals surface area contributed by atoms with Crippen LogP contribution in [0.25, 0.3) is 0 Å². The summed E-state index contributed by atoms with van der Waals surface area (Å²) in [6, 6.07) is 6.49. The number of hydrogen-bond donors (Lipinski definition) is 2. The van der Waals surface area contributed by atoms with Crippen molar-refractivity contribution in [2.24, 2.45) is 5.92 Å². The van der Waals surface area contributed by atoms with E-state index in [-0.39, 0.29) is 17.8 Å². The number of halogens is 1. The van der Waals surface area contributed by atoms with Gasteiger partial charge in [0.2, 0.25) is 5.91 Å². The summed E-state index contributed by atoms with van der Waals surface area (Å²) in [5.41, 5.74) is 0. The highest BCUT2D eigenvalue weighted by Crippen LogP contribution is 2.18. The van der Waals surface area contributed by atoms with E-state index in [2.05, 4.69) is 15.5 Å².